The van der Waals surface area contributed by atoms with Crippen LogP contribution in [0.1, 0.15) is 36.1 Å². The summed E-state index contributed by atoms with van der Waals surface area (Å²) in [5, 5.41) is 0.719. The zero-order valence-corrected chi connectivity index (χ0v) is 11.5. The average Bonchev–Trinajstić information content (AvgIpc) is 2.82. The van der Waals surface area contributed by atoms with Crippen LogP contribution in [0, 0.1) is 5.92 Å². The number of ketones is 1. The summed E-state index contributed by atoms with van der Waals surface area (Å²) in [4.78, 5) is 25.7. The lowest BCUT2D eigenvalue weighted by molar-refractivity contribution is 0.0942. The highest BCUT2D eigenvalue weighted by Gasteiger charge is 2.20. The van der Waals surface area contributed by atoms with Gasteiger partial charge in [-0.2, -0.15) is 0 Å². The minimum atomic E-state index is -0.0136. The Bertz CT molecular complexity index is 549. The zero-order chi connectivity index (χ0) is 13.1. The van der Waals surface area contributed by atoms with Crippen molar-refractivity contribution in [2.45, 2.75) is 27.2 Å². The molecule has 0 aliphatic heterocycles. The van der Waals surface area contributed by atoms with Gasteiger partial charge in [-0.25, -0.2) is 15.0 Å². The first-order valence-electron chi connectivity index (χ1n) is 5.94. The Labute approximate surface area is 110 Å². The molecule has 5 heteroatoms. The first-order valence-corrected chi connectivity index (χ1v) is 6.76. The zero-order valence-electron chi connectivity index (χ0n) is 10.7. The van der Waals surface area contributed by atoms with Crippen molar-refractivity contribution in [3.05, 3.63) is 29.0 Å². The number of carbonyl (C=O) groups is 1. The molecule has 18 heavy (non-hydrogen) atoms. The van der Waals surface area contributed by atoms with Crippen LogP contribution in [0.15, 0.2) is 18.5 Å². The number of hydrogen-bond acceptors (Lipinski definition) is 5. The smallest absolute Gasteiger partial charge is 0.188 e. The third-order valence-corrected chi connectivity index (χ3v) is 3.65. The van der Waals surface area contributed by atoms with Gasteiger partial charge in [0, 0.05) is 18.3 Å². The molecule has 0 fully saturated rings. The number of aryl methyl sites for hydroxylation is 1. The van der Waals surface area contributed by atoms with Crippen LogP contribution >= 0.6 is 11.3 Å². The van der Waals surface area contributed by atoms with Crippen LogP contribution in [-0.4, -0.2) is 20.7 Å². The molecule has 0 N–H and O–H groups in total. The Kier molecular flexibility index (Phi) is 3.81. The number of nitrogens with zero attached hydrogens (tertiary/aromatic N) is 3. The van der Waals surface area contributed by atoms with Gasteiger partial charge in [-0.15, -0.1) is 11.3 Å². The van der Waals surface area contributed by atoms with Gasteiger partial charge in [0.15, 0.2) is 16.6 Å². The molecule has 0 radical (unpaired) electrons. The van der Waals surface area contributed by atoms with E-state index in [0.29, 0.717) is 5.82 Å². The van der Waals surface area contributed by atoms with Gasteiger partial charge in [0.05, 0.1) is 10.6 Å². The number of hydrogen-bond donors (Lipinski definition) is 0. The fraction of sp³-hybridized carbons (Fsp3) is 0.385. The molecule has 0 aromatic carbocycles. The third kappa shape index (κ3) is 2.46. The molecule has 0 aliphatic carbocycles. The second kappa shape index (κ2) is 5.35. The van der Waals surface area contributed by atoms with Crippen LogP contribution in [-0.2, 0) is 6.42 Å². The average molecular weight is 261 g/mol. The van der Waals surface area contributed by atoms with E-state index in [1.165, 1.54) is 11.3 Å². The largest absolute Gasteiger partial charge is 0.293 e. The van der Waals surface area contributed by atoms with Crippen molar-refractivity contribution in [1.82, 2.24) is 15.0 Å². The van der Waals surface area contributed by atoms with Crippen LogP contribution in [0.5, 0.6) is 0 Å². The highest BCUT2D eigenvalue weighted by Crippen LogP contribution is 2.27. The number of Topliss-reactive ketones (excluding diaryl/α,β-unsaturated/α-hetero) is 1. The van der Waals surface area contributed by atoms with Crippen LogP contribution in [0.2, 0.25) is 0 Å². The van der Waals surface area contributed by atoms with Gasteiger partial charge in [0.25, 0.3) is 0 Å². The van der Waals surface area contributed by atoms with Gasteiger partial charge in [-0.1, -0.05) is 20.8 Å². The molecule has 0 atom stereocenters. The summed E-state index contributed by atoms with van der Waals surface area (Å²) in [7, 11) is 0. The topological polar surface area (TPSA) is 55.7 Å². The van der Waals surface area contributed by atoms with Crippen molar-refractivity contribution in [3.8, 4) is 10.8 Å². The second-order valence-corrected chi connectivity index (χ2v) is 5.24. The maximum Gasteiger partial charge on any atom is 0.188 e. The molecule has 4 nitrogen and oxygen atoms in total. The summed E-state index contributed by atoms with van der Waals surface area (Å²) >= 11 is 1.39. The lowest BCUT2D eigenvalue weighted by Gasteiger charge is -2.01. The van der Waals surface area contributed by atoms with E-state index < -0.39 is 0 Å². The second-order valence-electron chi connectivity index (χ2n) is 4.24. The molecule has 0 saturated heterocycles. The SMILES string of the molecule is CCc1nc(-c2ncccn2)sc1C(=O)C(C)C. The quantitative estimate of drug-likeness (QED) is 0.794. The molecule has 0 saturated carbocycles. The van der Waals surface area contributed by atoms with Crippen LogP contribution in [0.3, 0.4) is 0 Å². The van der Waals surface area contributed by atoms with Crippen molar-refractivity contribution < 1.29 is 4.79 Å². The van der Waals surface area contributed by atoms with Gasteiger partial charge in [0.1, 0.15) is 0 Å². The molecule has 2 aromatic rings. The molecule has 0 spiro atoms. The van der Waals surface area contributed by atoms with Gasteiger partial charge in [0.2, 0.25) is 0 Å². The van der Waals surface area contributed by atoms with Crippen molar-refractivity contribution in [2.75, 3.05) is 0 Å². The lowest BCUT2D eigenvalue weighted by atomic mass is 10.1. The summed E-state index contributed by atoms with van der Waals surface area (Å²) in [5.41, 5.74) is 0.848. The van der Waals surface area contributed by atoms with Crippen molar-refractivity contribution in [3.63, 3.8) is 0 Å². The third-order valence-electron chi connectivity index (χ3n) is 2.54. The minimum absolute atomic E-state index is 0.0136. The molecular weight excluding hydrogens is 246 g/mol. The number of aromatic nitrogens is 3. The van der Waals surface area contributed by atoms with E-state index in [2.05, 4.69) is 15.0 Å². The molecular formula is C13H15N3OS. The van der Waals surface area contributed by atoms with Crippen molar-refractivity contribution in [1.29, 1.82) is 0 Å². The maximum atomic E-state index is 12.1. The van der Waals surface area contributed by atoms with Crippen LogP contribution in [0.25, 0.3) is 10.8 Å². The van der Waals surface area contributed by atoms with Crippen molar-refractivity contribution >= 4 is 17.1 Å². The van der Waals surface area contributed by atoms with Gasteiger partial charge in [-0.3, -0.25) is 4.79 Å². The van der Waals surface area contributed by atoms with Gasteiger partial charge in [-0.05, 0) is 12.5 Å². The van der Waals surface area contributed by atoms with Crippen LogP contribution in [0.4, 0.5) is 0 Å². The summed E-state index contributed by atoms with van der Waals surface area (Å²) < 4.78 is 0. The Hall–Kier alpha value is -1.62. The highest BCUT2D eigenvalue weighted by molar-refractivity contribution is 7.17. The first-order chi connectivity index (χ1) is 8.63. The van der Waals surface area contributed by atoms with E-state index in [0.717, 1.165) is 22.0 Å². The fourth-order valence-electron chi connectivity index (χ4n) is 1.55. The molecule has 94 valence electrons. The van der Waals surface area contributed by atoms with Gasteiger partial charge < -0.3 is 0 Å². The molecule has 2 heterocycles. The summed E-state index contributed by atoms with van der Waals surface area (Å²) in [6.45, 7) is 5.81. The Morgan fingerprint density at radius 3 is 2.56 bits per heavy atom. The van der Waals surface area contributed by atoms with Gasteiger partial charge >= 0.3 is 0 Å². The predicted octanol–water partition coefficient (Wildman–Crippen LogP) is 3.00. The molecule has 2 rings (SSSR count). The van der Waals surface area contributed by atoms with E-state index >= 15 is 0 Å². The van der Waals surface area contributed by atoms with Crippen molar-refractivity contribution in [2.24, 2.45) is 5.92 Å². The van der Waals surface area contributed by atoms with E-state index in [4.69, 9.17) is 0 Å². The minimum Gasteiger partial charge on any atom is -0.293 e. The lowest BCUT2D eigenvalue weighted by Crippen LogP contribution is -2.07. The van der Waals surface area contributed by atoms with E-state index in [-0.39, 0.29) is 11.7 Å². The Morgan fingerprint density at radius 2 is 2.00 bits per heavy atom. The first kappa shape index (κ1) is 12.8. The van der Waals surface area contributed by atoms with E-state index in [9.17, 15) is 4.79 Å². The fourth-order valence-corrected chi connectivity index (χ4v) is 2.74. The molecule has 0 bridgehead atoms. The summed E-state index contributed by atoms with van der Waals surface area (Å²) in [5.74, 6) is 0.715. The molecule has 0 unspecified atom stereocenters. The normalized spacial score (nSPS) is 10.9. The summed E-state index contributed by atoms with van der Waals surface area (Å²) in [6.07, 6.45) is 4.11. The predicted molar refractivity (Wildman–Crippen MR) is 71.7 cm³/mol. The Balaban J connectivity index is 2.45. The van der Waals surface area contributed by atoms with E-state index in [1.54, 1.807) is 18.5 Å². The number of thiazole rings is 1. The van der Waals surface area contributed by atoms with Crippen LogP contribution < -0.4 is 0 Å². The Morgan fingerprint density at radius 1 is 1.33 bits per heavy atom. The highest BCUT2D eigenvalue weighted by atomic mass is 32.1. The summed E-state index contributed by atoms with van der Waals surface area (Å²) in [6, 6.07) is 1.76. The standard InChI is InChI=1S/C13H15N3OS/c1-4-9-11(10(17)8(2)3)18-13(16-9)12-14-6-5-7-15-12/h5-8H,4H2,1-3H3. The number of rotatable bonds is 4. The van der Waals surface area contributed by atoms with E-state index in [1.807, 2.05) is 20.8 Å². The monoisotopic (exact) mass is 261 g/mol. The molecule has 0 aliphatic rings. The maximum absolute atomic E-state index is 12.1. The molecule has 0 amide bonds. The molecule has 2 aromatic heterocycles. The number of carbonyl (C=O) groups excluding carboxylic acids is 1.